The number of amides is 1. The molecule has 0 aliphatic heterocycles. The summed E-state index contributed by atoms with van der Waals surface area (Å²) in [6, 6.07) is 1.96. The maximum absolute atomic E-state index is 11.9. The highest BCUT2D eigenvalue weighted by atomic mass is 31.2. The molecule has 0 saturated carbocycles. The molecular formula is C15H24N3O8P. The van der Waals surface area contributed by atoms with E-state index in [2.05, 4.69) is 9.84 Å². The first kappa shape index (κ1) is 22.9. The number of nitrogens with one attached hydrogen (secondary N) is 1. The summed E-state index contributed by atoms with van der Waals surface area (Å²) in [6.07, 6.45) is 1.48. The number of carboxylic acids is 1. The highest BCUT2D eigenvalue weighted by Crippen LogP contribution is 2.41. The quantitative estimate of drug-likeness (QED) is 0.184. The smallest absolute Gasteiger partial charge is 0.504 e. The van der Waals surface area contributed by atoms with Crippen molar-refractivity contribution in [2.45, 2.75) is 37.8 Å². The van der Waals surface area contributed by atoms with Crippen molar-refractivity contribution in [3.05, 3.63) is 23.8 Å². The third-order valence-electron chi connectivity index (χ3n) is 3.59. The van der Waals surface area contributed by atoms with Crippen molar-refractivity contribution in [2.75, 3.05) is 6.54 Å². The van der Waals surface area contributed by atoms with Crippen molar-refractivity contribution < 1.29 is 38.7 Å². The third kappa shape index (κ3) is 8.85. The summed E-state index contributed by atoms with van der Waals surface area (Å²) in [4.78, 5) is 40.0. The van der Waals surface area contributed by atoms with E-state index in [1.807, 2.05) is 0 Å². The largest absolute Gasteiger partial charge is 0.524 e. The number of aromatic hydroxyl groups is 1. The van der Waals surface area contributed by atoms with Gasteiger partial charge in [0.1, 0.15) is 6.04 Å². The second kappa shape index (κ2) is 10.2. The number of phenols is 1. The summed E-state index contributed by atoms with van der Waals surface area (Å²) < 4.78 is 15.1. The Bertz CT molecular complexity index is 708. The number of carboxylic acid groups (broad SMARTS) is 1. The molecule has 2 atom stereocenters. The summed E-state index contributed by atoms with van der Waals surface area (Å²) in [6.45, 7) is 0.319. The maximum atomic E-state index is 11.9. The Morgan fingerprint density at radius 3 is 2.41 bits per heavy atom. The van der Waals surface area contributed by atoms with E-state index in [1.54, 1.807) is 0 Å². The predicted octanol–water partition coefficient (Wildman–Crippen LogP) is -0.568. The molecule has 0 heterocycles. The van der Waals surface area contributed by atoms with Gasteiger partial charge < -0.3 is 31.5 Å². The summed E-state index contributed by atoms with van der Waals surface area (Å²) in [5.41, 5.74) is 11.6. The molecule has 152 valence electrons. The molecule has 1 aromatic carbocycles. The molecule has 12 heteroatoms. The van der Waals surface area contributed by atoms with Gasteiger partial charge in [-0.3, -0.25) is 19.4 Å². The predicted molar refractivity (Wildman–Crippen MR) is 94.9 cm³/mol. The van der Waals surface area contributed by atoms with Gasteiger partial charge in [-0.25, -0.2) is 4.57 Å². The molecule has 0 aliphatic carbocycles. The maximum Gasteiger partial charge on any atom is 0.524 e. The number of hydrogen-bond donors (Lipinski definition) is 7. The second-order valence-electron chi connectivity index (χ2n) is 5.93. The molecule has 27 heavy (non-hydrogen) atoms. The number of aliphatic carboxylic acids is 1. The summed E-state index contributed by atoms with van der Waals surface area (Å²) >= 11 is 0. The minimum Gasteiger partial charge on any atom is -0.504 e. The molecule has 1 rings (SSSR count). The van der Waals surface area contributed by atoms with Gasteiger partial charge in [0.25, 0.3) is 0 Å². The lowest BCUT2D eigenvalue weighted by Crippen LogP contribution is -2.42. The van der Waals surface area contributed by atoms with Crippen LogP contribution in [0.15, 0.2) is 18.2 Å². The van der Waals surface area contributed by atoms with E-state index in [0.29, 0.717) is 31.4 Å². The molecule has 1 aromatic rings. The average Bonchev–Trinajstić information content (AvgIpc) is 2.55. The zero-order chi connectivity index (χ0) is 20.6. The van der Waals surface area contributed by atoms with Crippen LogP contribution < -0.4 is 21.3 Å². The molecule has 0 aromatic heterocycles. The zero-order valence-corrected chi connectivity index (χ0v) is 15.3. The second-order valence-corrected chi connectivity index (χ2v) is 7.09. The van der Waals surface area contributed by atoms with E-state index >= 15 is 0 Å². The van der Waals surface area contributed by atoms with Crippen molar-refractivity contribution >= 4 is 19.7 Å². The minimum atomic E-state index is -4.79. The topological polar surface area (TPSA) is 205 Å². The Morgan fingerprint density at radius 2 is 1.85 bits per heavy atom. The zero-order valence-electron chi connectivity index (χ0n) is 14.4. The third-order valence-corrected chi connectivity index (χ3v) is 4.03. The molecule has 0 fully saturated rings. The molecule has 0 bridgehead atoms. The fourth-order valence-electron chi connectivity index (χ4n) is 2.20. The van der Waals surface area contributed by atoms with E-state index in [4.69, 9.17) is 26.4 Å². The van der Waals surface area contributed by atoms with Crippen molar-refractivity contribution in [1.29, 1.82) is 0 Å². The Labute approximate surface area is 155 Å². The van der Waals surface area contributed by atoms with Crippen LogP contribution in [-0.2, 0) is 20.6 Å². The van der Waals surface area contributed by atoms with Gasteiger partial charge in [0.05, 0.1) is 6.04 Å². The van der Waals surface area contributed by atoms with Crippen molar-refractivity contribution in [1.82, 2.24) is 5.32 Å². The lowest BCUT2D eigenvalue weighted by Gasteiger charge is -2.14. The number of phenolic OH excluding ortho intramolecular Hbond substituents is 1. The van der Waals surface area contributed by atoms with Crippen molar-refractivity contribution in [3.8, 4) is 11.5 Å². The average molecular weight is 405 g/mol. The number of carbonyl (C=O) groups is 2. The van der Waals surface area contributed by atoms with Gasteiger partial charge in [-0.05, 0) is 43.4 Å². The molecule has 11 nitrogen and oxygen atoms in total. The SMILES string of the molecule is NC(CCCCNC(=O)C(N)Cc1ccc(OP(=O)(O)O)c(O)c1)C(=O)O. The van der Waals surface area contributed by atoms with Gasteiger partial charge in [0.15, 0.2) is 11.5 Å². The summed E-state index contributed by atoms with van der Waals surface area (Å²) in [7, 11) is -4.79. The molecule has 2 unspecified atom stereocenters. The monoisotopic (exact) mass is 405 g/mol. The lowest BCUT2D eigenvalue weighted by molar-refractivity contribution is -0.138. The Kier molecular flexibility index (Phi) is 8.67. The summed E-state index contributed by atoms with van der Waals surface area (Å²) in [5.74, 6) is -2.36. The minimum absolute atomic E-state index is 0.0828. The molecular weight excluding hydrogens is 381 g/mol. The first-order valence-corrected chi connectivity index (χ1v) is 9.61. The van der Waals surface area contributed by atoms with Crippen LogP contribution in [0, 0.1) is 0 Å². The number of hydrogen-bond acceptors (Lipinski definition) is 7. The number of benzene rings is 1. The normalized spacial score (nSPS) is 13.6. The molecule has 0 aliphatic rings. The van der Waals surface area contributed by atoms with Crippen LogP contribution in [0.5, 0.6) is 11.5 Å². The van der Waals surface area contributed by atoms with Crippen LogP contribution in [0.25, 0.3) is 0 Å². The van der Waals surface area contributed by atoms with E-state index in [1.165, 1.54) is 18.2 Å². The van der Waals surface area contributed by atoms with Gasteiger partial charge in [-0.1, -0.05) is 6.07 Å². The van der Waals surface area contributed by atoms with Crippen LogP contribution in [0.1, 0.15) is 24.8 Å². The van der Waals surface area contributed by atoms with E-state index in [9.17, 15) is 19.3 Å². The first-order chi connectivity index (χ1) is 12.5. The number of phosphoric ester groups is 1. The lowest BCUT2D eigenvalue weighted by atomic mass is 10.1. The number of unbranched alkanes of at least 4 members (excludes halogenated alkanes) is 1. The van der Waals surface area contributed by atoms with Gasteiger partial charge in [0, 0.05) is 6.54 Å². The van der Waals surface area contributed by atoms with Crippen LogP contribution in [0.3, 0.4) is 0 Å². The van der Waals surface area contributed by atoms with Crippen LogP contribution in [-0.4, -0.2) is 50.5 Å². The standard InChI is InChI=1S/C15H24N3O8P/c16-10(15(21)22)3-1-2-6-18-14(20)11(17)7-9-4-5-13(12(19)8-9)26-27(23,24)25/h4-5,8,10-11,19H,1-3,6-7,16-17H2,(H,18,20)(H,21,22)(H2,23,24,25). The van der Waals surface area contributed by atoms with Gasteiger partial charge in [-0.2, -0.15) is 0 Å². The van der Waals surface area contributed by atoms with Crippen LogP contribution in [0.4, 0.5) is 0 Å². The van der Waals surface area contributed by atoms with Gasteiger partial charge in [0.2, 0.25) is 5.91 Å². The number of nitrogens with two attached hydrogens (primary N) is 2. The number of carbonyl (C=O) groups excluding carboxylic acids is 1. The van der Waals surface area contributed by atoms with Crippen molar-refractivity contribution in [3.63, 3.8) is 0 Å². The van der Waals surface area contributed by atoms with Crippen molar-refractivity contribution in [2.24, 2.45) is 11.5 Å². The van der Waals surface area contributed by atoms with E-state index < -0.39 is 37.5 Å². The van der Waals surface area contributed by atoms with E-state index in [-0.39, 0.29) is 12.2 Å². The Hall–Kier alpha value is -2.17. The van der Waals surface area contributed by atoms with Gasteiger partial charge >= 0.3 is 13.8 Å². The number of phosphoric acid groups is 1. The van der Waals surface area contributed by atoms with Crippen LogP contribution in [0.2, 0.25) is 0 Å². The Balaban J connectivity index is 2.43. The highest BCUT2D eigenvalue weighted by molar-refractivity contribution is 7.46. The molecule has 0 spiro atoms. The summed E-state index contributed by atoms with van der Waals surface area (Å²) in [5, 5.41) is 21.0. The molecule has 9 N–H and O–H groups in total. The van der Waals surface area contributed by atoms with E-state index in [0.717, 1.165) is 0 Å². The highest BCUT2D eigenvalue weighted by Gasteiger charge is 2.20. The van der Waals surface area contributed by atoms with Gasteiger partial charge in [-0.15, -0.1) is 0 Å². The molecule has 1 amide bonds. The number of rotatable bonds is 11. The van der Waals surface area contributed by atoms with Crippen LogP contribution >= 0.6 is 7.82 Å². The molecule has 0 radical (unpaired) electrons. The molecule has 0 saturated heterocycles. The fraction of sp³-hybridized carbons (Fsp3) is 0.467. The first-order valence-electron chi connectivity index (χ1n) is 8.08. The fourth-order valence-corrected chi connectivity index (χ4v) is 2.61. The Morgan fingerprint density at radius 1 is 1.19 bits per heavy atom.